The summed E-state index contributed by atoms with van der Waals surface area (Å²) in [5.74, 6) is 1.81. The number of anilines is 2. The molecule has 0 aliphatic carbocycles. The Morgan fingerprint density at radius 2 is 1.59 bits per heavy atom. The van der Waals surface area contributed by atoms with E-state index in [-0.39, 0.29) is 0 Å². The summed E-state index contributed by atoms with van der Waals surface area (Å²) in [5.41, 5.74) is 2.28. The number of benzene rings is 2. The molecule has 142 valence electrons. The maximum absolute atomic E-state index is 6.17. The number of halogens is 2. The van der Waals surface area contributed by atoms with Crippen molar-refractivity contribution < 1.29 is 9.47 Å². The number of ether oxygens (including phenoxy) is 2. The Hall–Kier alpha value is -1.08. The monoisotopic (exact) mass is 492 g/mol. The first kappa shape index (κ1) is 18.0. The molecule has 2 fully saturated rings. The highest BCUT2D eigenvalue weighted by atomic mass is 79.9. The van der Waals surface area contributed by atoms with Gasteiger partial charge >= 0.3 is 0 Å². The number of nitrogens with zero attached hydrogens (tertiary/aromatic N) is 2. The Bertz CT molecular complexity index is 809. The van der Waals surface area contributed by atoms with Gasteiger partial charge in [0.05, 0.1) is 24.1 Å². The van der Waals surface area contributed by atoms with Crippen molar-refractivity contribution in [1.29, 1.82) is 0 Å². The molecule has 0 radical (unpaired) electrons. The van der Waals surface area contributed by atoms with E-state index in [4.69, 9.17) is 9.47 Å². The van der Waals surface area contributed by atoms with Crippen molar-refractivity contribution >= 4 is 43.2 Å². The first-order chi connectivity index (χ1) is 13.2. The highest BCUT2D eigenvalue weighted by molar-refractivity contribution is 9.10. The van der Waals surface area contributed by atoms with E-state index in [0.29, 0.717) is 12.1 Å². The van der Waals surface area contributed by atoms with Crippen LogP contribution in [0.3, 0.4) is 0 Å². The van der Waals surface area contributed by atoms with Crippen LogP contribution in [0.4, 0.5) is 11.4 Å². The second-order valence-electron chi connectivity index (χ2n) is 7.52. The van der Waals surface area contributed by atoms with Crippen LogP contribution in [-0.4, -0.2) is 43.3 Å². The third-order valence-electron chi connectivity index (χ3n) is 5.74. The molecule has 0 N–H and O–H groups in total. The maximum Gasteiger partial charge on any atom is 0.152 e. The van der Waals surface area contributed by atoms with Crippen LogP contribution in [0.5, 0.6) is 11.5 Å². The fraction of sp³-hybridized carbons (Fsp3) is 0.429. The number of fused-ring (bicyclic) bond motifs is 4. The van der Waals surface area contributed by atoms with Crippen molar-refractivity contribution in [2.45, 2.75) is 31.4 Å². The predicted molar refractivity (Wildman–Crippen MR) is 114 cm³/mol. The van der Waals surface area contributed by atoms with Gasteiger partial charge in [0, 0.05) is 28.1 Å². The normalized spacial score (nSPS) is 23.3. The van der Waals surface area contributed by atoms with Crippen LogP contribution in [-0.2, 0) is 4.74 Å². The molecule has 0 unspecified atom stereocenters. The molecule has 0 amide bonds. The Kier molecular flexibility index (Phi) is 4.92. The van der Waals surface area contributed by atoms with Gasteiger partial charge in [0.25, 0.3) is 0 Å². The molecule has 0 saturated carbocycles. The summed E-state index contributed by atoms with van der Waals surface area (Å²) in [7, 11) is 0. The molecule has 6 heteroatoms. The summed E-state index contributed by atoms with van der Waals surface area (Å²) >= 11 is 7.12. The summed E-state index contributed by atoms with van der Waals surface area (Å²) in [5, 5.41) is 0. The summed E-state index contributed by atoms with van der Waals surface area (Å²) in [6.07, 6.45) is 4.08. The highest BCUT2D eigenvalue weighted by Gasteiger charge is 2.38. The van der Waals surface area contributed by atoms with Gasteiger partial charge < -0.3 is 14.4 Å². The lowest BCUT2D eigenvalue weighted by Crippen LogP contribution is -2.37. The quantitative estimate of drug-likeness (QED) is 0.498. The number of likely N-dealkylation sites (tertiary alicyclic amines) is 1. The Morgan fingerprint density at radius 1 is 0.926 bits per heavy atom. The molecule has 5 rings (SSSR count). The zero-order chi connectivity index (χ0) is 18.4. The highest BCUT2D eigenvalue weighted by Crippen LogP contribution is 2.48. The minimum absolute atomic E-state index is 0.491. The van der Waals surface area contributed by atoms with Crippen LogP contribution in [0, 0.1) is 0 Å². The molecule has 2 atom stereocenters. The predicted octanol–water partition coefficient (Wildman–Crippen LogP) is 5.71. The molecule has 4 nitrogen and oxygen atoms in total. The minimum Gasteiger partial charge on any atom is -0.453 e. The van der Waals surface area contributed by atoms with Crippen molar-refractivity contribution in [1.82, 2.24) is 4.90 Å². The van der Waals surface area contributed by atoms with Crippen LogP contribution in [0.25, 0.3) is 0 Å². The summed E-state index contributed by atoms with van der Waals surface area (Å²) in [6, 6.07) is 13.2. The Morgan fingerprint density at radius 3 is 2.19 bits per heavy atom. The zero-order valence-corrected chi connectivity index (χ0v) is 18.2. The van der Waals surface area contributed by atoms with Crippen molar-refractivity contribution in [3.05, 3.63) is 45.3 Å². The topological polar surface area (TPSA) is 24.9 Å². The number of hydrogen-bond donors (Lipinski definition) is 0. The molecule has 3 heterocycles. The third-order valence-corrected chi connectivity index (χ3v) is 6.72. The van der Waals surface area contributed by atoms with Crippen LogP contribution in [0.2, 0.25) is 0 Å². The largest absolute Gasteiger partial charge is 0.453 e. The lowest BCUT2D eigenvalue weighted by atomic mass is 10.1. The van der Waals surface area contributed by atoms with Crippen LogP contribution in [0.15, 0.2) is 45.3 Å². The molecule has 3 aliphatic heterocycles. The number of morpholine rings is 1. The van der Waals surface area contributed by atoms with E-state index in [1.54, 1.807) is 0 Å². The summed E-state index contributed by atoms with van der Waals surface area (Å²) < 4.78 is 13.9. The van der Waals surface area contributed by atoms with Gasteiger partial charge in [-0.15, -0.1) is 0 Å². The molecule has 2 aromatic rings. The Labute approximate surface area is 176 Å². The van der Waals surface area contributed by atoms with Crippen molar-refractivity contribution in [2.75, 3.05) is 31.1 Å². The van der Waals surface area contributed by atoms with E-state index in [9.17, 15) is 0 Å². The molecule has 3 aliphatic rings. The fourth-order valence-corrected chi connectivity index (χ4v) is 5.09. The van der Waals surface area contributed by atoms with Crippen molar-refractivity contribution in [3.8, 4) is 11.5 Å². The van der Waals surface area contributed by atoms with Gasteiger partial charge in [-0.3, -0.25) is 4.90 Å². The van der Waals surface area contributed by atoms with Crippen molar-refractivity contribution in [3.63, 3.8) is 0 Å². The molecule has 0 spiro atoms. The average molecular weight is 494 g/mol. The molecular formula is C21H22Br2N2O2. The van der Waals surface area contributed by atoms with Gasteiger partial charge in [-0.2, -0.15) is 0 Å². The van der Waals surface area contributed by atoms with Gasteiger partial charge in [0.2, 0.25) is 0 Å². The van der Waals surface area contributed by atoms with E-state index in [0.717, 1.165) is 57.9 Å². The van der Waals surface area contributed by atoms with Gasteiger partial charge in [-0.05, 0) is 62.2 Å². The van der Waals surface area contributed by atoms with Crippen LogP contribution >= 0.6 is 31.9 Å². The summed E-state index contributed by atoms with van der Waals surface area (Å²) in [6.45, 7) is 4.22. The van der Waals surface area contributed by atoms with Crippen LogP contribution < -0.4 is 9.64 Å². The smallest absolute Gasteiger partial charge is 0.152 e. The molecular weight excluding hydrogens is 472 g/mol. The first-order valence-corrected chi connectivity index (χ1v) is 11.2. The molecule has 27 heavy (non-hydrogen) atoms. The van der Waals surface area contributed by atoms with Gasteiger partial charge in [-0.25, -0.2) is 0 Å². The van der Waals surface area contributed by atoms with E-state index in [2.05, 4.69) is 65.9 Å². The maximum atomic E-state index is 6.17. The third kappa shape index (κ3) is 3.53. The zero-order valence-electron chi connectivity index (χ0n) is 15.0. The average Bonchev–Trinajstić information content (AvgIpc) is 3.27. The first-order valence-electron chi connectivity index (χ1n) is 9.57. The van der Waals surface area contributed by atoms with E-state index in [1.165, 1.54) is 19.4 Å². The number of hydrogen-bond acceptors (Lipinski definition) is 4. The second kappa shape index (κ2) is 7.39. The summed E-state index contributed by atoms with van der Waals surface area (Å²) in [4.78, 5) is 5.01. The lowest BCUT2D eigenvalue weighted by molar-refractivity contribution is 0.0301. The molecule has 2 aromatic carbocycles. The fourth-order valence-electron chi connectivity index (χ4n) is 4.41. The number of rotatable bonds is 5. The van der Waals surface area contributed by atoms with E-state index < -0.39 is 0 Å². The Balaban J connectivity index is 1.29. The standard InChI is InChI=1S/C21H22Br2N2O2/c22-14-3-5-18-20(9-14)27-21-10-15(23)4-6-19(21)25(18)8-2-1-7-24-12-17-11-16(24)13-26-17/h3-6,9-10,16-17H,1-2,7-8,11-13H2/t16-,17-/m0/s1. The number of unbranched alkanes of at least 4 members (excludes halogenated alkanes) is 1. The molecule has 2 saturated heterocycles. The van der Waals surface area contributed by atoms with Gasteiger partial charge in [-0.1, -0.05) is 31.9 Å². The van der Waals surface area contributed by atoms with Crippen LogP contribution in [0.1, 0.15) is 19.3 Å². The molecule has 0 aromatic heterocycles. The van der Waals surface area contributed by atoms with E-state index in [1.807, 2.05) is 12.1 Å². The van der Waals surface area contributed by atoms with E-state index >= 15 is 0 Å². The second-order valence-corrected chi connectivity index (χ2v) is 9.36. The van der Waals surface area contributed by atoms with Crippen molar-refractivity contribution in [2.24, 2.45) is 0 Å². The van der Waals surface area contributed by atoms with Gasteiger partial charge in [0.15, 0.2) is 11.5 Å². The van der Waals surface area contributed by atoms with Gasteiger partial charge in [0.1, 0.15) is 0 Å². The lowest BCUT2D eigenvalue weighted by Gasteiger charge is -2.33. The SMILES string of the molecule is Brc1ccc2c(c1)Oc1cc(Br)ccc1N2CCCCN1C[C@@H]2C[C@H]1CO2. The molecule has 2 bridgehead atoms. The minimum atomic E-state index is 0.491.